The molecule has 2 aliphatic heterocycles. The van der Waals surface area contributed by atoms with Gasteiger partial charge in [-0.05, 0) is 86.1 Å². The van der Waals surface area contributed by atoms with Crippen LogP contribution in [0.2, 0.25) is 5.02 Å². The maximum Gasteiger partial charge on any atom is 0.407 e. The Morgan fingerprint density at radius 3 is 2.66 bits per heavy atom. The molecule has 5 heterocycles. The van der Waals surface area contributed by atoms with Gasteiger partial charge in [-0.25, -0.2) is 14.2 Å². The van der Waals surface area contributed by atoms with Gasteiger partial charge in [0.1, 0.15) is 23.4 Å². The van der Waals surface area contributed by atoms with Gasteiger partial charge in [0.25, 0.3) is 0 Å². The summed E-state index contributed by atoms with van der Waals surface area (Å²) in [6, 6.07) is 14.4. The van der Waals surface area contributed by atoms with Crippen molar-refractivity contribution in [1.29, 1.82) is 0 Å². The highest BCUT2D eigenvalue weighted by atomic mass is 35.5. The summed E-state index contributed by atoms with van der Waals surface area (Å²) in [6.07, 6.45) is 6.99. The molecule has 2 fully saturated rings. The third-order valence-electron chi connectivity index (χ3n) is 10.4. The number of halogens is 2. The number of nitrogens with one attached hydrogen (secondary N) is 2. The number of imidazole rings is 1. The van der Waals surface area contributed by atoms with E-state index in [1.807, 2.05) is 44.2 Å². The van der Waals surface area contributed by atoms with E-state index < -0.39 is 24.2 Å². The van der Waals surface area contributed by atoms with Crippen molar-refractivity contribution in [1.82, 2.24) is 24.8 Å². The number of amides is 2. The number of carbonyl (C=O) groups excluding carboxylic acids is 2. The Labute approximate surface area is 298 Å². The number of hydrogen-bond acceptors (Lipinski definition) is 6. The number of likely N-dealkylation sites (tertiary alicyclic amines) is 1. The smallest absolute Gasteiger partial charge is 0.407 e. The normalized spacial score (nSPS) is 19.4. The van der Waals surface area contributed by atoms with Crippen LogP contribution in [0.5, 0.6) is 5.75 Å². The number of benzene rings is 2. The summed E-state index contributed by atoms with van der Waals surface area (Å²) >= 11 is 8.18. The molecule has 3 atom stereocenters. The van der Waals surface area contributed by atoms with Crippen LogP contribution in [-0.4, -0.2) is 51.1 Å². The summed E-state index contributed by atoms with van der Waals surface area (Å²) in [7, 11) is 1.28. The van der Waals surface area contributed by atoms with Crippen LogP contribution >= 0.6 is 22.9 Å². The molecule has 9 nitrogen and oxygen atoms in total. The first-order valence-electron chi connectivity index (χ1n) is 17.3. The van der Waals surface area contributed by atoms with E-state index in [1.54, 1.807) is 22.4 Å². The standard InChI is InChI=1S/C38H39ClFN5O4S/c1-20(2)34(43-38(47)48-3)36(46)44-14-6-9-28(44)35-41-19-26(42-35)22-16-25(40)33-29-17-23-15-24(39)10-11-27(23)45(29)37(49-30(33)18-22)32-13-12-31(50-32)21-7-4-5-8-21/h10-13,15-21,28,34,37H,4-9,14H2,1-3H3,(H,41,42)(H,43,47)/t28-,34-,37?/m0/s1. The average Bonchev–Trinajstić information content (AvgIpc) is 3.94. The van der Waals surface area contributed by atoms with Crippen LogP contribution < -0.4 is 10.1 Å². The minimum absolute atomic E-state index is 0.142. The van der Waals surface area contributed by atoms with Crippen molar-refractivity contribution in [3.8, 4) is 28.3 Å². The van der Waals surface area contributed by atoms with Crippen molar-refractivity contribution in [2.24, 2.45) is 5.92 Å². The number of fused-ring (bicyclic) bond motifs is 5. The summed E-state index contributed by atoms with van der Waals surface area (Å²) in [5.74, 6) is 0.895. The van der Waals surface area contributed by atoms with Crippen molar-refractivity contribution in [3.63, 3.8) is 0 Å². The Morgan fingerprint density at radius 1 is 1.08 bits per heavy atom. The molecule has 12 heteroatoms. The maximum absolute atomic E-state index is 16.4. The fraction of sp³-hybridized carbons (Fsp3) is 0.395. The van der Waals surface area contributed by atoms with Crippen molar-refractivity contribution in [3.05, 3.63) is 81.1 Å². The number of nitrogens with zero attached hydrogens (tertiary/aromatic N) is 3. The Balaban J connectivity index is 1.14. The van der Waals surface area contributed by atoms with Gasteiger partial charge in [-0.3, -0.25) is 9.36 Å². The van der Waals surface area contributed by atoms with Gasteiger partial charge in [-0.2, -0.15) is 0 Å². The number of methoxy groups -OCH3 is 1. The van der Waals surface area contributed by atoms with Gasteiger partial charge in [0.2, 0.25) is 12.1 Å². The molecular formula is C38H39ClFN5O4S. The molecule has 1 saturated heterocycles. The molecule has 0 bridgehead atoms. The molecule has 0 radical (unpaired) electrons. The van der Waals surface area contributed by atoms with E-state index in [0.29, 0.717) is 52.3 Å². The summed E-state index contributed by atoms with van der Waals surface area (Å²) in [5.41, 5.74) is 3.27. The lowest BCUT2D eigenvalue weighted by Crippen LogP contribution is -2.51. The van der Waals surface area contributed by atoms with E-state index >= 15 is 4.39 Å². The highest BCUT2D eigenvalue weighted by molar-refractivity contribution is 7.12. The van der Waals surface area contributed by atoms with Crippen LogP contribution in [0.15, 0.2) is 54.7 Å². The molecule has 3 aliphatic rings. The molecule has 0 spiro atoms. The largest absolute Gasteiger partial charge is 0.464 e. The SMILES string of the molecule is COC(=O)N[C@H](C(=O)N1CCC[C@H]1c1ncc(-c2cc(F)c3c(c2)OC(c2ccc(C4CCCC4)s2)n2c-3cc3cc(Cl)ccc32)[nH]1)C(C)C. The molecule has 260 valence electrons. The molecule has 2 N–H and O–H groups in total. The van der Waals surface area contributed by atoms with Gasteiger partial charge in [-0.15, -0.1) is 11.3 Å². The lowest BCUT2D eigenvalue weighted by molar-refractivity contribution is -0.135. The van der Waals surface area contributed by atoms with Gasteiger partial charge in [0.05, 0.1) is 46.7 Å². The first-order chi connectivity index (χ1) is 24.2. The van der Waals surface area contributed by atoms with Crippen molar-refractivity contribution >= 4 is 45.8 Å². The zero-order chi connectivity index (χ0) is 34.7. The zero-order valence-corrected chi connectivity index (χ0v) is 29.7. The van der Waals surface area contributed by atoms with Gasteiger partial charge in [-0.1, -0.05) is 38.3 Å². The first-order valence-corrected chi connectivity index (χ1v) is 18.5. The second kappa shape index (κ2) is 13.1. The molecular weight excluding hydrogens is 677 g/mol. The number of ether oxygens (including phenoxy) is 2. The minimum atomic E-state index is -0.735. The first kappa shape index (κ1) is 32.8. The number of rotatable bonds is 7. The number of carbonyl (C=O) groups is 2. The van der Waals surface area contributed by atoms with Gasteiger partial charge >= 0.3 is 6.09 Å². The summed E-state index contributed by atoms with van der Waals surface area (Å²) in [5, 5.41) is 4.22. The van der Waals surface area contributed by atoms with Crippen molar-refractivity contribution < 1.29 is 23.5 Å². The lowest BCUT2D eigenvalue weighted by atomic mass is 10.0. The second-order valence-electron chi connectivity index (χ2n) is 13.9. The van der Waals surface area contributed by atoms with E-state index in [2.05, 4.69) is 32.0 Å². The van der Waals surface area contributed by atoms with Crippen LogP contribution in [0, 0.1) is 11.7 Å². The molecule has 3 aromatic heterocycles. The number of thiophene rings is 1. The van der Waals surface area contributed by atoms with Gasteiger partial charge in [0.15, 0.2) is 0 Å². The average molecular weight is 716 g/mol. The van der Waals surface area contributed by atoms with Gasteiger partial charge in [0, 0.05) is 27.4 Å². The van der Waals surface area contributed by atoms with Gasteiger partial charge < -0.3 is 24.7 Å². The fourth-order valence-corrected chi connectivity index (χ4v) is 9.25. The van der Waals surface area contributed by atoms with Crippen LogP contribution in [0.1, 0.15) is 86.1 Å². The Kier molecular flexibility index (Phi) is 8.59. The third kappa shape index (κ3) is 5.74. The molecule has 8 rings (SSSR count). The minimum Gasteiger partial charge on any atom is -0.464 e. The Hall–Kier alpha value is -4.35. The topological polar surface area (TPSA) is 101 Å². The summed E-state index contributed by atoms with van der Waals surface area (Å²) in [4.78, 5) is 37.9. The number of hydrogen-bond donors (Lipinski definition) is 2. The third-order valence-corrected chi connectivity index (χ3v) is 11.9. The molecule has 2 amide bonds. The number of aromatic amines is 1. The van der Waals surface area contributed by atoms with Crippen molar-refractivity contribution in [2.45, 2.75) is 76.6 Å². The number of alkyl carbamates (subject to hydrolysis) is 1. The summed E-state index contributed by atoms with van der Waals surface area (Å²) < 4.78 is 30.0. The summed E-state index contributed by atoms with van der Waals surface area (Å²) in [6.45, 7) is 4.31. The lowest BCUT2D eigenvalue weighted by Gasteiger charge is -2.30. The Morgan fingerprint density at radius 2 is 1.88 bits per heavy atom. The molecule has 5 aromatic rings. The molecule has 50 heavy (non-hydrogen) atoms. The van der Waals surface area contributed by atoms with Crippen LogP contribution in [-0.2, 0) is 9.53 Å². The fourth-order valence-electron chi connectivity index (χ4n) is 7.87. The number of aromatic nitrogens is 3. The van der Waals surface area contributed by atoms with E-state index in [4.69, 9.17) is 21.1 Å². The maximum atomic E-state index is 16.4. The monoisotopic (exact) mass is 715 g/mol. The quantitative estimate of drug-likeness (QED) is 0.175. The highest BCUT2D eigenvalue weighted by Crippen LogP contribution is 2.49. The second-order valence-corrected chi connectivity index (χ2v) is 15.4. The van der Waals surface area contributed by atoms with Crippen LogP contribution in [0.4, 0.5) is 9.18 Å². The molecule has 1 saturated carbocycles. The Bertz CT molecular complexity index is 2100. The predicted octanol–water partition coefficient (Wildman–Crippen LogP) is 9.19. The van der Waals surface area contributed by atoms with E-state index in [0.717, 1.165) is 27.9 Å². The van der Waals surface area contributed by atoms with E-state index in [9.17, 15) is 9.59 Å². The number of H-pyrrole nitrogens is 1. The van der Waals surface area contributed by atoms with Crippen LogP contribution in [0.25, 0.3) is 33.4 Å². The molecule has 1 aliphatic carbocycles. The molecule has 2 aromatic carbocycles. The van der Waals surface area contributed by atoms with Crippen LogP contribution in [0.3, 0.4) is 0 Å². The highest BCUT2D eigenvalue weighted by Gasteiger charge is 2.38. The van der Waals surface area contributed by atoms with Crippen molar-refractivity contribution in [2.75, 3.05) is 13.7 Å². The van der Waals surface area contributed by atoms with E-state index in [-0.39, 0.29) is 17.9 Å². The zero-order valence-electron chi connectivity index (χ0n) is 28.2. The molecule has 1 unspecified atom stereocenters. The predicted molar refractivity (Wildman–Crippen MR) is 192 cm³/mol. The van der Waals surface area contributed by atoms with E-state index in [1.165, 1.54) is 43.7 Å².